The lowest BCUT2D eigenvalue weighted by atomic mass is 10.2. The number of anilines is 1. The Bertz CT molecular complexity index is 698. The van der Waals surface area contributed by atoms with E-state index in [4.69, 9.17) is 4.74 Å². The highest BCUT2D eigenvalue weighted by Crippen LogP contribution is 2.16. The lowest BCUT2D eigenvalue weighted by Crippen LogP contribution is -2.33. The second kappa shape index (κ2) is 8.76. The van der Waals surface area contributed by atoms with Gasteiger partial charge in [0.2, 0.25) is 5.95 Å². The van der Waals surface area contributed by atoms with Crippen molar-refractivity contribution in [2.75, 3.05) is 18.1 Å². The maximum Gasteiger partial charge on any atom is 0.254 e. The van der Waals surface area contributed by atoms with Crippen molar-refractivity contribution in [2.24, 2.45) is 0 Å². The molecule has 26 heavy (non-hydrogen) atoms. The Kier molecular flexibility index (Phi) is 6.17. The minimum absolute atomic E-state index is 0.126. The minimum atomic E-state index is -0.161. The van der Waals surface area contributed by atoms with Gasteiger partial charge >= 0.3 is 0 Å². The van der Waals surface area contributed by atoms with E-state index in [9.17, 15) is 4.79 Å². The van der Waals surface area contributed by atoms with Gasteiger partial charge < -0.3 is 15.0 Å². The molecule has 3 rings (SSSR count). The molecule has 2 heterocycles. The highest BCUT2D eigenvalue weighted by atomic mass is 16.5. The Morgan fingerprint density at radius 3 is 2.62 bits per heavy atom. The Hall–Kier alpha value is -2.47. The Morgan fingerprint density at radius 2 is 2.00 bits per heavy atom. The number of benzene rings is 1. The second-order valence-corrected chi connectivity index (χ2v) is 6.82. The lowest BCUT2D eigenvalue weighted by molar-refractivity contribution is 0.0857. The summed E-state index contributed by atoms with van der Waals surface area (Å²) in [5, 5.41) is 2.89. The van der Waals surface area contributed by atoms with Crippen molar-refractivity contribution in [1.29, 1.82) is 0 Å². The Balaban J connectivity index is 1.63. The predicted octanol–water partition coefficient (Wildman–Crippen LogP) is 2.80. The third-order valence-electron chi connectivity index (χ3n) is 4.49. The number of nitrogens with one attached hydrogen (secondary N) is 1. The maximum absolute atomic E-state index is 12.2. The summed E-state index contributed by atoms with van der Waals surface area (Å²) in [7, 11) is 0. The first-order valence-electron chi connectivity index (χ1n) is 9.16. The number of rotatable bonds is 7. The first-order valence-corrected chi connectivity index (χ1v) is 9.16. The fourth-order valence-corrected chi connectivity index (χ4v) is 2.97. The van der Waals surface area contributed by atoms with Gasteiger partial charge in [-0.15, -0.1) is 0 Å². The van der Waals surface area contributed by atoms with Crippen LogP contribution in [0, 0.1) is 0 Å². The SMILES string of the molecule is CC(C)N(Cc1ccccc1)c1ncc(C(=O)NCC2CCCO2)cn1. The molecule has 138 valence electrons. The third-order valence-corrected chi connectivity index (χ3v) is 4.49. The molecule has 1 unspecified atom stereocenters. The quantitative estimate of drug-likeness (QED) is 0.828. The molecule has 1 atom stereocenters. The van der Waals surface area contributed by atoms with Gasteiger partial charge in [-0.1, -0.05) is 30.3 Å². The standard InChI is InChI=1S/C20H26N4O2/c1-15(2)24(14-16-7-4-3-5-8-16)20-22-11-17(12-23-20)19(25)21-13-18-9-6-10-26-18/h3-5,7-8,11-12,15,18H,6,9-10,13-14H2,1-2H3,(H,21,25). The van der Waals surface area contributed by atoms with E-state index in [1.165, 1.54) is 5.56 Å². The highest BCUT2D eigenvalue weighted by Gasteiger charge is 2.18. The topological polar surface area (TPSA) is 67.4 Å². The van der Waals surface area contributed by atoms with Crippen LogP contribution < -0.4 is 10.2 Å². The Morgan fingerprint density at radius 1 is 1.27 bits per heavy atom. The van der Waals surface area contributed by atoms with Crippen molar-refractivity contribution in [1.82, 2.24) is 15.3 Å². The average Bonchev–Trinajstić information content (AvgIpc) is 3.18. The zero-order valence-electron chi connectivity index (χ0n) is 15.4. The van der Waals surface area contributed by atoms with Crippen molar-refractivity contribution < 1.29 is 9.53 Å². The van der Waals surface area contributed by atoms with E-state index in [1.807, 2.05) is 18.2 Å². The molecule has 1 aromatic carbocycles. The Labute approximate surface area is 154 Å². The lowest BCUT2D eigenvalue weighted by Gasteiger charge is -2.26. The van der Waals surface area contributed by atoms with Gasteiger partial charge in [0.15, 0.2) is 0 Å². The monoisotopic (exact) mass is 354 g/mol. The van der Waals surface area contributed by atoms with Gasteiger partial charge in [-0.25, -0.2) is 9.97 Å². The van der Waals surface area contributed by atoms with Crippen molar-refractivity contribution in [3.63, 3.8) is 0 Å². The summed E-state index contributed by atoms with van der Waals surface area (Å²) in [5.74, 6) is 0.464. The first kappa shape index (κ1) is 18.3. The third kappa shape index (κ3) is 4.79. The molecule has 1 fully saturated rings. The van der Waals surface area contributed by atoms with Crippen molar-refractivity contribution >= 4 is 11.9 Å². The van der Waals surface area contributed by atoms with Crippen LogP contribution in [0.1, 0.15) is 42.6 Å². The van der Waals surface area contributed by atoms with Gasteiger partial charge in [0.1, 0.15) is 0 Å². The van der Waals surface area contributed by atoms with Crippen LogP contribution in [0.25, 0.3) is 0 Å². The first-order chi connectivity index (χ1) is 12.6. The molecule has 0 aliphatic carbocycles. The summed E-state index contributed by atoms with van der Waals surface area (Å²) in [4.78, 5) is 23.2. The van der Waals surface area contributed by atoms with Gasteiger partial charge in [0.25, 0.3) is 5.91 Å². The number of amides is 1. The predicted molar refractivity (Wildman–Crippen MR) is 101 cm³/mol. The molecule has 6 heteroatoms. The molecule has 0 saturated carbocycles. The fourth-order valence-electron chi connectivity index (χ4n) is 2.97. The molecule has 0 spiro atoms. The summed E-state index contributed by atoms with van der Waals surface area (Å²) in [6.45, 7) is 6.25. The van der Waals surface area contributed by atoms with Crippen molar-refractivity contribution in [3.8, 4) is 0 Å². The van der Waals surface area contributed by atoms with E-state index in [0.717, 1.165) is 26.0 Å². The van der Waals surface area contributed by atoms with Crippen LogP contribution in [0.15, 0.2) is 42.7 Å². The van der Waals surface area contributed by atoms with Crippen LogP contribution in [-0.4, -0.2) is 41.2 Å². The summed E-state index contributed by atoms with van der Waals surface area (Å²) >= 11 is 0. The van der Waals surface area contributed by atoms with Crippen molar-refractivity contribution in [2.45, 2.75) is 45.4 Å². The van der Waals surface area contributed by atoms with Crippen LogP contribution in [0.4, 0.5) is 5.95 Å². The summed E-state index contributed by atoms with van der Waals surface area (Å²) < 4.78 is 5.52. The molecule has 1 saturated heterocycles. The smallest absolute Gasteiger partial charge is 0.254 e. The number of hydrogen-bond donors (Lipinski definition) is 1. The minimum Gasteiger partial charge on any atom is -0.376 e. The number of hydrogen-bond acceptors (Lipinski definition) is 5. The molecule has 1 aliphatic heterocycles. The zero-order valence-corrected chi connectivity index (χ0v) is 15.4. The van der Waals surface area contributed by atoms with E-state index < -0.39 is 0 Å². The molecule has 0 radical (unpaired) electrons. The molecule has 1 N–H and O–H groups in total. The van der Waals surface area contributed by atoms with Crippen LogP contribution in [0.3, 0.4) is 0 Å². The average molecular weight is 354 g/mol. The van der Waals surface area contributed by atoms with E-state index in [0.29, 0.717) is 18.1 Å². The van der Waals surface area contributed by atoms with Gasteiger partial charge in [-0.3, -0.25) is 4.79 Å². The molecular formula is C20H26N4O2. The summed E-state index contributed by atoms with van der Waals surface area (Å²) in [6, 6.07) is 10.5. The number of carbonyl (C=O) groups is 1. The van der Waals surface area contributed by atoms with Gasteiger partial charge in [-0.2, -0.15) is 0 Å². The van der Waals surface area contributed by atoms with Crippen molar-refractivity contribution in [3.05, 3.63) is 53.9 Å². The second-order valence-electron chi connectivity index (χ2n) is 6.82. The largest absolute Gasteiger partial charge is 0.376 e. The van der Waals surface area contributed by atoms with Crippen LogP contribution in [0.2, 0.25) is 0 Å². The highest BCUT2D eigenvalue weighted by molar-refractivity contribution is 5.93. The van der Waals surface area contributed by atoms with E-state index in [1.54, 1.807) is 12.4 Å². The molecule has 1 aliphatic rings. The number of nitrogens with zero attached hydrogens (tertiary/aromatic N) is 3. The summed E-state index contributed by atoms with van der Waals surface area (Å²) in [5.41, 5.74) is 1.67. The summed E-state index contributed by atoms with van der Waals surface area (Å²) in [6.07, 6.45) is 5.37. The molecule has 6 nitrogen and oxygen atoms in total. The van der Waals surface area contributed by atoms with Crippen LogP contribution >= 0.6 is 0 Å². The van der Waals surface area contributed by atoms with E-state index in [-0.39, 0.29) is 18.1 Å². The number of aromatic nitrogens is 2. The van der Waals surface area contributed by atoms with Gasteiger partial charge in [-0.05, 0) is 32.3 Å². The van der Waals surface area contributed by atoms with Crippen LogP contribution in [-0.2, 0) is 11.3 Å². The van der Waals surface area contributed by atoms with E-state index >= 15 is 0 Å². The molecule has 1 aromatic heterocycles. The molecular weight excluding hydrogens is 328 g/mol. The van der Waals surface area contributed by atoms with Gasteiger partial charge in [0, 0.05) is 38.1 Å². The molecule has 1 amide bonds. The maximum atomic E-state index is 12.2. The van der Waals surface area contributed by atoms with E-state index in [2.05, 4.69) is 46.2 Å². The zero-order chi connectivity index (χ0) is 18.4. The normalized spacial score (nSPS) is 16.7. The van der Waals surface area contributed by atoms with Gasteiger partial charge in [0.05, 0.1) is 11.7 Å². The fraction of sp³-hybridized carbons (Fsp3) is 0.450. The molecule has 2 aromatic rings. The number of carbonyl (C=O) groups excluding carboxylic acids is 1. The number of ether oxygens (including phenoxy) is 1. The molecule has 0 bridgehead atoms. The van der Waals surface area contributed by atoms with Crippen LogP contribution in [0.5, 0.6) is 0 Å².